The summed E-state index contributed by atoms with van der Waals surface area (Å²) < 4.78 is 0. The van der Waals surface area contributed by atoms with Crippen LogP contribution in [0.4, 0.5) is 10.5 Å². The largest absolute Gasteiger partial charge is 0.336 e. The monoisotopic (exact) mass is 235 g/mol. The molecule has 0 saturated carbocycles. The van der Waals surface area contributed by atoms with E-state index in [4.69, 9.17) is 0 Å². The highest BCUT2D eigenvalue weighted by Crippen LogP contribution is 2.20. The molecule has 0 atom stereocenters. The van der Waals surface area contributed by atoms with E-state index in [0.717, 1.165) is 4.90 Å². The van der Waals surface area contributed by atoms with Crippen molar-refractivity contribution in [3.05, 3.63) is 39.9 Å². The van der Waals surface area contributed by atoms with Crippen molar-refractivity contribution >= 4 is 17.6 Å². The van der Waals surface area contributed by atoms with Gasteiger partial charge >= 0.3 is 6.03 Å². The van der Waals surface area contributed by atoms with Crippen LogP contribution >= 0.6 is 0 Å². The van der Waals surface area contributed by atoms with Gasteiger partial charge in [-0.15, -0.1) is 0 Å². The summed E-state index contributed by atoms with van der Waals surface area (Å²) in [5, 5.41) is 13.2. The fourth-order valence-electron chi connectivity index (χ4n) is 1.62. The minimum Gasteiger partial charge on any atom is -0.336 e. The Bertz CT molecular complexity index is 500. The Morgan fingerprint density at radius 2 is 2.12 bits per heavy atom. The Hall–Kier alpha value is -2.44. The van der Waals surface area contributed by atoms with Crippen LogP contribution in [0, 0.1) is 10.1 Å². The fraction of sp³-hybridized carbons (Fsp3) is 0.200. The van der Waals surface area contributed by atoms with Gasteiger partial charge < -0.3 is 5.32 Å². The summed E-state index contributed by atoms with van der Waals surface area (Å²) in [6, 6.07) is 5.05. The number of benzene rings is 1. The molecule has 0 spiro atoms. The molecule has 1 heterocycles. The summed E-state index contributed by atoms with van der Waals surface area (Å²) in [5.41, 5.74) is -0.369. The number of hydrogen-bond donors (Lipinski definition) is 1. The molecule has 0 aliphatic carbocycles. The van der Waals surface area contributed by atoms with Crippen LogP contribution in [0.1, 0.15) is 10.4 Å². The van der Waals surface area contributed by atoms with Crippen molar-refractivity contribution in [2.24, 2.45) is 0 Å². The molecule has 0 aromatic heterocycles. The molecule has 17 heavy (non-hydrogen) atoms. The predicted molar refractivity (Wildman–Crippen MR) is 57.5 cm³/mol. The molecule has 0 unspecified atom stereocenters. The van der Waals surface area contributed by atoms with E-state index >= 15 is 0 Å². The number of nitro benzene ring substituents is 1. The molecule has 0 radical (unpaired) electrons. The Labute approximate surface area is 96.2 Å². The van der Waals surface area contributed by atoms with Crippen molar-refractivity contribution in [2.75, 3.05) is 13.1 Å². The lowest BCUT2D eigenvalue weighted by Gasteiger charge is -2.11. The van der Waals surface area contributed by atoms with Gasteiger partial charge in [-0.2, -0.15) is 0 Å². The second kappa shape index (κ2) is 4.20. The molecule has 3 amide bonds. The van der Waals surface area contributed by atoms with E-state index in [1.165, 1.54) is 24.3 Å². The SMILES string of the molecule is O=C1NCCN1C(=O)c1ccccc1[N+](=O)[O-]. The molecule has 2 rings (SSSR count). The third kappa shape index (κ3) is 1.94. The van der Waals surface area contributed by atoms with Gasteiger partial charge in [0.15, 0.2) is 0 Å². The lowest BCUT2D eigenvalue weighted by Crippen LogP contribution is -2.34. The highest BCUT2D eigenvalue weighted by atomic mass is 16.6. The molecular weight excluding hydrogens is 226 g/mol. The molecule has 1 aliphatic heterocycles. The van der Waals surface area contributed by atoms with Gasteiger partial charge in [-0.25, -0.2) is 4.79 Å². The molecule has 1 fully saturated rings. The zero-order valence-corrected chi connectivity index (χ0v) is 8.75. The van der Waals surface area contributed by atoms with Gasteiger partial charge in [0.1, 0.15) is 5.56 Å². The summed E-state index contributed by atoms with van der Waals surface area (Å²) in [5.74, 6) is -0.646. The van der Waals surface area contributed by atoms with Crippen molar-refractivity contribution in [1.82, 2.24) is 10.2 Å². The molecule has 1 N–H and O–H groups in total. The second-order valence-corrected chi connectivity index (χ2v) is 3.46. The Morgan fingerprint density at radius 1 is 1.41 bits per heavy atom. The highest BCUT2D eigenvalue weighted by molar-refractivity contribution is 6.07. The second-order valence-electron chi connectivity index (χ2n) is 3.46. The van der Waals surface area contributed by atoms with Crippen LogP contribution in [0.15, 0.2) is 24.3 Å². The summed E-state index contributed by atoms with van der Waals surface area (Å²) in [6.07, 6.45) is 0. The van der Waals surface area contributed by atoms with Crippen molar-refractivity contribution in [3.8, 4) is 0 Å². The van der Waals surface area contributed by atoms with E-state index in [9.17, 15) is 19.7 Å². The average Bonchev–Trinajstić information content (AvgIpc) is 2.74. The predicted octanol–water partition coefficient (Wildman–Crippen LogP) is 0.760. The van der Waals surface area contributed by atoms with Gasteiger partial charge in [0.25, 0.3) is 11.6 Å². The maximum atomic E-state index is 11.9. The first-order valence-corrected chi connectivity index (χ1v) is 4.94. The number of urea groups is 1. The topological polar surface area (TPSA) is 92.6 Å². The van der Waals surface area contributed by atoms with E-state index in [1.54, 1.807) is 0 Å². The Balaban J connectivity index is 2.37. The number of para-hydroxylation sites is 1. The van der Waals surface area contributed by atoms with Crippen LogP contribution < -0.4 is 5.32 Å². The number of hydrogen-bond acceptors (Lipinski definition) is 4. The Kier molecular flexibility index (Phi) is 2.73. The first-order chi connectivity index (χ1) is 8.11. The van der Waals surface area contributed by atoms with Gasteiger partial charge in [-0.3, -0.25) is 19.8 Å². The van der Waals surface area contributed by atoms with E-state index in [0.29, 0.717) is 6.54 Å². The van der Waals surface area contributed by atoms with Gasteiger partial charge in [0.2, 0.25) is 0 Å². The molecule has 1 aromatic carbocycles. The molecule has 7 nitrogen and oxygen atoms in total. The van der Waals surface area contributed by atoms with Crippen molar-refractivity contribution in [3.63, 3.8) is 0 Å². The van der Waals surface area contributed by atoms with Crippen molar-refractivity contribution in [2.45, 2.75) is 0 Å². The van der Waals surface area contributed by atoms with Crippen LogP contribution in [-0.4, -0.2) is 34.9 Å². The van der Waals surface area contributed by atoms with Crippen LogP contribution in [0.5, 0.6) is 0 Å². The van der Waals surface area contributed by atoms with Crippen LogP contribution in [0.25, 0.3) is 0 Å². The van der Waals surface area contributed by atoms with Crippen LogP contribution in [-0.2, 0) is 0 Å². The van der Waals surface area contributed by atoms with Crippen molar-refractivity contribution in [1.29, 1.82) is 0 Å². The van der Waals surface area contributed by atoms with E-state index in [1.807, 2.05) is 0 Å². The Morgan fingerprint density at radius 3 is 2.71 bits per heavy atom. The van der Waals surface area contributed by atoms with E-state index < -0.39 is 16.9 Å². The van der Waals surface area contributed by atoms with Crippen molar-refractivity contribution < 1.29 is 14.5 Å². The molecule has 0 bridgehead atoms. The zero-order valence-electron chi connectivity index (χ0n) is 8.75. The van der Waals surface area contributed by atoms with Crippen LogP contribution in [0.3, 0.4) is 0 Å². The molecule has 1 aromatic rings. The summed E-state index contributed by atoms with van der Waals surface area (Å²) in [6.45, 7) is 0.592. The summed E-state index contributed by atoms with van der Waals surface area (Å²) in [7, 11) is 0. The highest BCUT2D eigenvalue weighted by Gasteiger charge is 2.31. The smallest absolute Gasteiger partial charge is 0.324 e. The van der Waals surface area contributed by atoms with E-state index in [-0.39, 0.29) is 17.8 Å². The zero-order chi connectivity index (χ0) is 12.4. The molecular formula is C10H9N3O4. The maximum absolute atomic E-state index is 11.9. The summed E-state index contributed by atoms with van der Waals surface area (Å²) >= 11 is 0. The lowest BCUT2D eigenvalue weighted by molar-refractivity contribution is -0.385. The molecule has 88 valence electrons. The first kappa shape index (κ1) is 11.1. The van der Waals surface area contributed by atoms with Gasteiger partial charge in [0.05, 0.1) is 4.92 Å². The average molecular weight is 235 g/mol. The number of imide groups is 1. The number of nitrogens with one attached hydrogen (secondary N) is 1. The summed E-state index contributed by atoms with van der Waals surface area (Å²) in [4.78, 5) is 34.3. The molecule has 1 aliphatic rings. The van der Waals surface area contributed by atoms with Gasteiger partial charge in [-0.1, -0.05) is 12.1 Å². The van der Waals surface area contributed by atoms with Gasteiger partial charge in [0, 0.05) is 19.2 Å². The number of rotatable bonds is 2. The normalized spacial score (nSPS) is 14.6. The standard InChI is InChI=1S/C10H9N3O4/c14-9(12-6-5-11-10(12)15)7-3-1-2-4-8(7)13(16)17/h1-4H,5-6H2,(H,11,15). The minimum atomic E-state index is -0.646. The van der Waals surface area contributed by atoms with Gasteiger partial charge in [-0.05, 0) is 6.07 Å². The maximum Gasteiger partial charge on any atom is 0.324 e. The molecule has 1 saturated heterocycles. The molecule has 7 heteroatoms. The number of nitrogens with zero attached hydrogens (tertiary/aromatic N) is 2. The fourth-order valence-corrected chi connectivity index (χ4v) is 1.62. The third-order valence-corrected chi connectivity index (χ3v) is 2.43. The lowest BCUT2D eigenvalue weighted by atomic mass is 10.1. The van der Waals surface area contributed by atoms with E-state index in [2.05, 4.69) is 5.32 Å². The van der Waals surface area contributed by atoms with Crippen LogP contribution in [0.2, 0.25) is 0 Å². The third-order valence-electron chi connectivity index (χ3n) is 2.43. The number of carbonyl (C=O) groups is 2. The number of amides is 3. The minimum absolute atomic E-state index is 0.0745. The first-order valence-electron chi connectivity index (χ1n) is 4.94. The quantitative estimate of drug-likeness (QED) is 0.605. The number of carbonyl (C=O) groups excluding carboxylic acids is 2. The number of nitro groups is 1.